The number of benzene rings is 2. The molecule has 1 aliphatic heterocycles. The number of carbonyl (C=O) groups is 1. The van der Waals surface area contributed by atoms with Gasteiger partial charge in [-0.1, -0.05) is 48.5 Å². The molecule has 2 aromatic carbocycles. The molecule has 1 aliphatic rings. The maximum atomic E-state index is 15.4. The first-order chi connectivity index (χ1) is 16.2. The molecule has 3 aromatic rings. The molecule has 0 spiro atoms. The van der Waals surface area contributed by atoms with E-state index >= 15 is 4.39 Å². The van der Waals surface area contributed by atoms with Gasteiger partial charge in [0.05, 0.1) is 18.2 Å². The lowest BCUT2D eigenvalue weighted by atomic mass is 10.0. The maximum Gasteiger partial charge on any atom is 0.270 e. The Hall–Kier alpha value is -3.42. The van der Waals surface area contributed by atoms with E-state index in [-0.39, 0.29) is 29.8 Å². The second-order valence-corrected chi connectivity index (χ2v) is 8.78. The standard InChI is InChI=1S/C26H27F3N4O/c1-26(28,29)20-11-9-19(10-12-20)22-3-2-14-33(22)25-24(27)21(31-16-32-25)13-8-17-4-6-18(7-5-17)15-23(30)34/h4-7,9-12,16,22H,2-3,8,13-15H2,1H3,(H2,30,34). The number of amides is 1. The van der Waals surface area contributed by atoms with Crippen LogP contribution in [0, 0.1) is 5.82 Å². The van der Waals surface area contributed by atoms with Gasteiger partial charge >= 0.3 is 0 Å². The van der Waals surface area contributed by atoms with E-state index in [4.69, 9.17) is 5.73 Å². The monoisotopic (exact) mass is 468 g/mol. The van der Waals surface area contributed by atoms with Crippen LogP contribution in [0.1, 0.15) is 53.8 Å². The quantitative estimate of drug-likeness (QED) is 0.511. The Balaban J connectivity index is 1.49. The van der Waals surface area contributed by atoms with Gasteiger partial charge in [-0.2, -0.15) is 0 Å². The summed E-state index contributed by atoms with van der Waals surface area (Å²) >= 11 is 0. The molecule has 1 atom stereocenters. The predicted molar refractivity (Wildman–Crippen MR) is 124 cm³/mol. The summed E-state index contributed by atoms with van der Waals surface area (Å²) in [4.78, 5) is 21.3. The fraction of sp³-hybridized carbons (Fsp3) is 0.346. The summed E-state index contributed by atoms with van der Waals surface area (Å²) in [7, 11) is 0. The summed E-state index contributed by atoms with van der Waals surface area (Å²) in [6.07, 6.45) is 4.19. The topological polar surface area (TPSA) is 72.1 Å². The van der Waals surface area contributed by atoms with Crippen molar-refractivity contribution in [3.63, 3.8) is 0 Å². The van der Waals surface area contributed by atoms with Crippen molar-refractivity contribution < 1.29 is 18.0 Å². The molecule has 8 heteroatoms. The molecule has 1 saturated heterocycles. The van der Waals surface area contributed by atoms with Crippen molar-refractivity contribution in [2.24, 2.45) is 5.73 Å². The molecule has 2 N–H and O–H groups in total. The lowest BCUT2D eigenvalue weighted by Crippen LogP contribution is -2.25. The van der Waals surface area contributed by atoms with Crippen molar-refractivity contribution >= 4 is 11.7 Å². The van der Waals surface area contributed by atoms with Gasteiger partial charge in [-0.25, -0.2) is 23.1 Å². The fourth-order valence-corrected chi connectivity index (χ4v) is 4.42. The third-order valence-corrected chi connectivity index (χ3v) is 6.22. The number of alkyl halides is 2. The van der Waals surface area contributed by atoms with Crippen LogP contribution in [0.3, 0.4) is 0 Å². The average Bonchev–Trinajstić information content (AvgIpc) is 3.28. The van der Waals surface area contributed by atoms with Crippen LogP contribution in [-0.2, 0) is 30.0 Å². The van der Waals surface area contributed by atoms with Crippen LogP contribution in [0.5, 0.6) is 0 Å². The number of nitrogens with zero attached hydrogens (tertiary/aromatic N) is 3. The van der Waals surface area contributed by atoms with Crippen LogP contribution in [0.2, 0.25) is 0 Å². The number of aryl methyl sites for hydroxylation is 2. The van der Waals surface area contributed by atoms with Crippen LogP contribution in [-0.4, -0.2) is 22.4 Å². The molecule has 5 nitrogen and oxygen atoms in total. The van der Waals surface area contributed by atoms with E-state index in [1.54, 1.807) is 12.1 Å². The highest BCUT2D eigenvalue weighted by molar-refractivity contribution is 5.76. The third kappa shape index (κ3) is 5.38. The summed E-state index contributed by atoms with van der Waals surface area (Å²) in [5.41, 5.74) is 8.21. The Morgan fingerprint density at radius 2 is 1.74 bits per heavy atom. The zero-order valence-corrected chi connectivity index (χ0v) is 19.0. The normalized spacial score (nSPS) is 16.1. The molecular formula is C26H27F3N4O. The van der Waals surface area contributed by atoms with E-state index in [1.807, 2.05) is 29.2 Å². The van der Waals surface area contributed by atoms with Gasteiger partial charge < -0.3 is 10.6 Å². The molecule has 0 saturated carbocycles. The Morgan fingerprint density at radius 1 is 1.06 bits per heavy atom. The highest BCUT2D eigenvalue weighted by Gasteiger charge is 2.31. The minimum absolute atomic E-state index is 0.0426. The van der Waals surface area contributed by atoms with Crippen LogP contribution >= 0.6 is 0 Å². The van der Waals surface area contributed by atoms with Gasteiger partial charge in [-0.15, -0.1) is 0 Å². The number of rotatable bonds is 8. The summed E-state index contributed by atoms with van der Waals surface area (Å²) in [5, 5.41) is 0. The van der Waals surface area contributed by atoms with E-state index in [0.717, 1.165) is 36.5 Å². The largest absolute Gasteiger partial charge is 0.369 e. The Labute approximate surface area is 196 Å². The predicted octanol–water partition coefficient (Wildman–Crippen LogP) is 4.88. The number of primary amides is 1. The average molecular weight is 469 g/mol. The van der Waals surface area contributed by atoms with Crippen molar-refractivity contribution in [1.82, 2.24) is 9.97 Å². The van der Waals surface area contributed by atoms with Crippen LogP contribution in [0.15, 0.2) is 54.9 Å². The molecule has 0 bridgehead atoms. The smallest absolute Gasteiger partial charge is 0.270 e. The van der Waals surface area contributed by atoms with Gasteiger partial charge in [0.15, 0.2) is 11.6 Å². The van der Waals surface area contributed by atoms with E-state index in [1.165, 1.54) is 18.5 Å². The second-order valence-electron chi connectivity index (χ2n) is 8.78. The van der Waals surface area contributed by atoms with Gasteiger partial charge in [0.25, 0.3) is 5.92 Å². The molecule has 34 heavy (non-hydrogen) atoms. The second kappa shape index (κ2) is 9.83. The molecule has 1 amide bonds. The maximum absolute atomic E-state index is 15.4. The van der Waals surface area contributed by atoms with Crippen molar-refractivity contribution in [2.75, 3.05) is 11.4 Å². The first kappa shape index (κ1) is 23.7. The summed E-state index contributed by atoms with van der Waals surface area (Å²) in [6.45, 7) is 1.50. The van der Waals surface area contributed by atoms with Crippen molar-refractivity contribution in [1.29, 1.82) is 0 Å². The number of aromatic nitrogens is 2. The lowest BCUT2D eigenvalue weighted by molar-refractivity contribution is -0.117. The molecule has 0 radical (unpaired) electrons. The molecule has 4 rings (SSSR count). The van der Waals surface area contributed by atoms with Gasteiger partial charge in [-0.05, 0) is 42.4 Å². The summed E-state index contributed by atoms with van der Waals surface area (Å²) in [6, 6.07) is 13.6. The number of nitrogens with two attached hydrogens (primary N) is 1. The summed E-state index contributed by atoms with van der Waals surface area (Å²) in [5.74, 6) is -3.49. The van der Waals surface area contributed by atoms with Gasteiger partial charge in [0.2, 0.25) is 5.91 Å². The molecular weight excluding hydrogens is 441 g/mol. The molecule has 1 aromatic heterocycles. The van der Waals surface area contributed by atoms with Gasteiger partial charge in [0.1, 0.15) is 6.33 Å². The molecule has 1 fully saturated rings. The zero-order valence-electron chi connectivity index (χ0n) is 19.0. The fourth-order valence-electron chi connectivity index (χ4n) is 4.42. The van der Waals surface area contributed by atoms with Crippen LogP contribution in [0.4, 0.5) is 19.0 Å². The number of halogens is 3. The van der Waals surface area contributed by atoms with E-state index in [0.29, 0.717) is 25.1 Å². The molecule has 2 heterocycles. The van der Waals surface area contributed by atoms with E-state index in [2.05, 4.69) is 9.97 Å². The number of anilines is 1. The van der Waals surface area contributed by atoms with Crippen molar-refractivity contribution in [3.8, 4) is 0 Å². The van der Waals surface area contributed by atoms with E-state index < -0.39 is 11.7 Å². The third-order valence-electron chi connectivity index (χ3n) is 6.22. The Bertz CT molecular complexity index is 1140. The Kier molecular flexibility index (Phi) is 6.86. The van der Waals surface area contributed by atoms with Gasteiger partial charge in [-0.3, -0.25) is 4.79 Å². The first-order valence-corrected chi connectivity index (χ1v) is 11.3. The van der Waals surface area contributed by atoms with E-state index in [9.17, 15) is 13.6 Å². The summed E-state index contributed by atoms with van der Waals surface area (Å²) < 4.78 is 42.6. The lowest BCUT2D eigenvalue weighted by Gasteiger charge is -2.27. The molecule has 1 unspecified atom stereocenters. The number of carbonyl (C=O) groups excluding carboxylic acids is 1. The van der Waals surface area contributed by atoms with Gasteiger partial charge in [0, 0.05) is 19.0 Å². The van der Waals surface area contributed by atoms with Crippen LogP contribution < -0.4 is 10.6 Å². The number of hydrogen-bond acceptors (Lipinski definition) is 4. The zero-order chi connectivity index (χ0) is 24.3. The number of hydrogen-bond donors (Lipinski definition) is 1. The van der Waals surface area contributed by atoms with Crippen molar-refractivity contribution in [3.05, 3.63) is 88.6 Å². The molecule has 0 aliphatic carbocycles. The van der Waals surface area contributed by atoms with Crippen molar-refractivity contribution in [2.45, 2.75) is 51.0 Å². The highest BCUT2D eigenvalue weighted by Crippen LogP contribution is 2.37. The minimum atomic E-state index is -2.90. The first-order valence-electron chi connectivity index (χ1n) is 11.3. The van der Waals surface area contributed by atoms with Crippen LogP contribution in [0.25, 0.3) is 0 Å². The minimum Gasteiger partial charge on any atom is -0.369 e. The Morgan fingerprint density at radius 3 is 2.38 bits per heavy atom. The SMILES string of the molecule is CC(F)(F)c1ccc(C2CCCN2c2ncnc(CCc3ccc(CC(N)=O)cc3)c2F)cc1. The molecule has 178 valence electrons. The highest BCUT2D eigenvalue weighted by atomic mass is 19.3.